The second-order valence-electron chi connectivity index (χ2n) is 3.67. The highest BCUT2D eigenvalue weighted by atomic mass is 15.1. The Hall–Kier alpha value is -1.31. The fourth-order valence-electron chi connectivity index (χ4n) is 1.88. The Morgan fingerprint density at radius 1 is 1.07 bits per heavy atom. The molecule has 2 nitrogen and oxygen atoms in total. The van der Waals surface area contributed by atoms with Gasteiger partial charge >= 0.3 is 0 Å². The maximum Gasteiger partial charge on any atom is 0.0543 e. The van der Waals surface area contributed by atoms with Gasteiger partial charge in [-0.1, -0.05) is 32.9 Å². The Morgan fingerprint density at radius 2 is 1.60 bits per heavy atom. The molecule has 1 aromatic rings. The quantitative estimate of drug-likeness (QED) is 0.457. The predicted molar refractivity (Wildman–Crippen MR) is 66.4 cm³/mol. The molecule has 1 rings (SSSR count). The molecule has 0 aromatic heterocycles. The van der Waals surface area contributed by atoms with Crippen LogP contribution in [0.1, 0.15) is 43.0 Å². The summed E-state index contributed by atoms with van der Waals surface area (Å²) < 4.78 is 0. The zero-order chi connectivity index (χ0) is 11.3. The van der Waals surface area contributed by atoms with Crippen LogP contribution < -0.4 is 5.84 Å². The maximum absolute atomic E-state index is 5.25. The van der Waals surface area contributed by atoms with E-state index in [9.17, 15) is 0 Å². The molecule has 0 radical (unpaired) electrons. The highest BCUT2D eigenvalue weighted by Crippen LogP contribution is 2.18. The second kappa shape index (κ2) is 5.54. The van der Waals surface area contributed by atoms with Crippen LogP contribution in [0.4, 0.5) is 0 Å². The zero-order valence-corrected chi connectivity index (χ0v) is 9.88. The number of benzene rings is 1. The van der Waals surface area contributed by atoms with E-state index < -0.39 is 0 Å². The van der Waals surface area contributed by atoms with E-state index >= 15 is 0 Å². The van der Waals surface area contributed by atoms with E-state index in [1.807, 2.05) is 0 Å². The number of hydrogen-bond donors (Lipinski definition) is 1. The molecule has 0 bridgehead atoms. The fourth-order valence-corrected chi connectivity index (χ4v) is 1.88. The lowest BCUT2D eigenvalue weighted by Crippen LogP contribution is -2.01. The normalized spacial score (nSPS) is 11.1. The van der Waals surface area contributed by atoms with Crippen molar-refractivity contribution in [1.29, 1.82) is 0 Å². The first-order valence-electron chi connectivity index (χ1n) is 5.64. The van der Waals surface area contributed by atoms with Crippen molar-refractivity contribution >= 4 is 6.21 Å². The molecule has 0 saturated heterocycles. The molecule has 15 heavy (non-hydrogen) atoms. The van der Waals surface area contributed by atoms with Crippen LogP contribution in [0.3, 0.4) is 0 Å². The van der Waals surface area contributed by atoms with Gasteiger partial charge in [0.1, 0.15) is 0 Å². The van der Waals surface area contributed by atoms with Gasteiger partial charge in [-0.25, -0.2) is 0 Å². The Kier molecular flexibility index (Phi) is 4.35. The van der Waals surface area contributed by atoms with Gasteiger partial charge in [-0.05, 0) is 36.0 Å². The molecule has 1 aromatic carbocycles. The largest absolute Gasteiger partial charge is 0.323 e. The van der Waals surface area contributed by atoms with E-state index in [2.05, 4.69) is 38.0 Å². The van der Waals surface area contributed by atoms with E-state index in [1.165, 1.54) is 22.3 Å². The molecule has 0 saturated carbocycles. The summed E-state index contributed by atoms with van der Waals surface area (Å²) in [7, 11) is 0. The molecule has 0 spiro atoms. The predicted octanol–water partition coefficient (Wildman–Crippen LogP) is 2.67. The zero-order valence-electron chi connectivity index (χ0n) is 9.88. The third kappa shape index (κ3) is 2.58. The lowest BCUT2D eigenvalue weighted by Gasteiger charge is -2.11. The van der Waals surface area contributed by atoms with Gasteiger partial charge in [0.2, 0.25) is 0 Å². The average Bonchev–Trinajstić information content (AvgIpc) is 2.29. The van der Waals surface area contributed by atoms with Crippen LogP contribution in [0, 0.1) is 0 Å². The minimum atomic E-state index is 1.03. The molecule has 0 aliphatic rings. The fraction of sp³-hybridized carbons (Fsp3) is 0.462. The molecule has 0 heterocycles. The number of hydrogen-bond acceptors (Lipinski definition) is 2. The number of nitrogens with zero attached hydrogens (tertiary/aromatic N) is 1. The highest BCUT2D eigenvalue weighted by molar-refractivity contribution is 5.84. The number of nitrogens with two attached hydrogens (primary N) is 1. The van der Waals surface area contributed by atoms with E-state index in [0.29, 0.717) is 0 Å². The van der Waals surface area contributed by atoms with Gasteiger partial charge in [-0.15, -0.1) is 0 Å². The van der Waals surface area contributed by atoms with Crippen LogP contribution in [0.25, 0.3) is 0 Å². The molecule has 0 amide bonds. The van der Waals surface area contributed by atoms with Crippen LogP contribution in [0.2, 0.25) is 0 Å². The molecule has 2 heteroatoms. The first-order valence-corrected chi connectivity index (χ1v) is 5.64. The third-order valence-corrected chi connectivity index (χ3v) is 2.78. The van der Waals surface area contributed by atoms with Gasteiger partial charge in [0.05, 0.1) is 6.21 Å². The summed E-state index contributed by atoms with van der Waals surface area (Å²) >= 11 is 0. The summed E-state index contributed by atoms with van der Waals surface area (Å²) in [5, 5.41) is 3.65. The van der Waals surface area contributed by atoms with Gasteiger partial charge in [-0.3, -0.25) is 0 Å². The van der Waals surface area contributed by atoms with Gasteiger partial charge in [-0.2, -0.15) is 5.10 Å². The van der Waals surface area contributed by atoms with Crippen molar-refractivity contribution in [3.05, 3.63) is 34.4 Å². The van der Waals surface area contributed by atoms with E-state index in [0.717, 1.165) is 19.3 Å². The Labute approximate surface area is 92.2 Å². The smallest absolute Gasteiger partial charge is 0.0543 e. The van der Waals surface area contributed by atoms with Crippen LogP contribution in [-0.2, 0) is 19.3 Å². The van der Waals surface area contributed by atoms with E-state index in [-0.39, 0.29) is 0 Å². The SMILES string of the molecule is CCc1cc(CC)c(C=NN)c(CC)c1. The molecule has 2 N–H and O–H groups in total. The van der Waals surface area contributed by atoms with Gasteiger partial charge in [0, 0.05) is 5.56 Å². The topological polar surface area (TPSA) is 38.4 Å². The van der Waals surface area contributed by atoms with Crippen LogP contribution in [0.15, 0.2) is 17.2 Å². The molecular weight excluding hydrogens is 184 g/mol. The highest BCUT2D eigenvalue weighted by Gasteiger charge is 2.06. The van der Waals surface area contributed by atoms with Crippen LogP contribution in [-0.4, -0.2) is 6.21 Å². The molecular formula is C13H20N2. The standard InChI is InChI=1S/C13H20N2/c1-4-10-7-11(5-2)13(9-15-14)12(6-3)8-10/h7-9H,4-6,14H2,1-3H3. The molecule has 0 atom stereocenters. The van der Waals surface area contributed by atoms with Crippen LogP contribution >= 0.6 is 0 Å². The van der Waals surface area contributed by atoms with Crippen molar-refractivity contribution in [2.75, 3.05) is 0 Å². The first-order chi connectivity index (χ1) is 7.26. The van der Waals surface area contributed by atoms with Crippen molar-refractivity contribution in [1.82, 2.24) is 0 Å². The molecule has 82 valence electrons. The Balaban J connectivity index is 3.32. The Bertz CT molecular complexity index is 329. The van der Waals surface area contributed by atoms with E-state index in [4.69, 9.17) is 5.84 Å². The van der Waals surface area contributed by atoms with Crippen molar-refractivity contribution in [3.63, 3.8) is 0 Å². The minimum Gasteiger partial charge on any atom is -0.323 e. The molecule has 0 aliphatic carbocycles. The third-order valence-electron chi connectivity index (χ3n) is 2.78. The average molecular weight is 204 g/mol. The second-order valence-corrected chi connectivity index (χ2v) is 3.67. The number of hydrazone groups is 1. The molecule has 0 unspecified atom stereocenters. The summed E-state index contributed by atoms with van der Waals surface area (Å²) in [6, 6.07) is 4.52. The lowest BCUT2D eigenvalue weighted by atomic mass is 9.94. The summed E-state index contributed by atoms with van der Waals surface area (Å²) in [5.74, 6) is 5.25. The van der Waals surface area contributed by atoms with Crippen molar-refractivity contribution < 1.29 is 0 Å². The number of rotatable bonds is 4. The summed E-state index contributed by atoms with van der Waals surface area (Å²) in [6.45, 7) is 6.52. The monoisotopic (exact) mass is 204 g/mol. The number of aryl methyl sites for hydroxylation is 3. The van der Waals surface area contributed by atoms with Gasteiger partial charge in [0.15, 0.2) is 0 Å². The molecule has 0 fully saturated rings. The summed E-state index contributed by atoms with van der Waals surface area (Å²) in [5.41, 5.74) is 5.30. The summed E-state index contributed by atoms with van der Waals surface area (Å²) in [6.07, 6.45) is 4.92. The minimum absolute atomic E-state index is 1.03. The molecule has 0 aliphatic heterocycles. The van der Waals surface area contributed by atoms with E-state index in [1.54, 1.807) is 6.21 Å². The van der Waals surface area contributed by atoms with Crippen molar-refractivity contribution in [3.8, 4) is 0 Å². The van der Waals surface area contributed by atoms with Crippen molar-refractivity contribution in [2.45, 2.75) is 40.0 Å². The lowest BCUT2D eigenvalue weighted by molar-refractivity contribution is 1.04. The van der Waals surface area contributed by atoms with Crippen LogP contribution in [0.5, 0.6) is 0 Å². The summed E-state index contributed by atoms with van der Waals surface area (Å²) in [4.78, 5) is 0. The Morgan fingerprint density at radius 3 is 1.93 bits per heavy atom. The first kappa shape index (κ1) is 11.8. The van der Waals surface area contributed by atoms with Crippen molar-refractivity contribution in [2.24, 2.45) is 10.9 Å². The maximum atomic E-state index is 5.25. The van der Waals surface area contributed by atoms with Gasteiger partial charge < -0.3 is 5.84 Å². The van der Waals surface area contributed by atoms with Gasteiger partial charge in [0.25, 0.3) is 0 Å².